The quantitative estimate of drug-likeness (QED) is 0.913. The molecule has 0 spiro atoms. The molecule has 0 saturated heterocycles. The first kappa shape index (κ1) is 13.3. The predicted molar refractivity (Wildman–Crippen MR) is 77.4 cm³/mol. The lowest BCUT2D eigenvalue weighted by Gasteiger charge is -2.41. The number of aliphatic hydroxyl groups is 1. The number of aromatic nitrogens is 3. The lowest BCUT2D eigenvalue weighted by atomic mass is 9.69. The summed E-state index contributed by atoms with van der Waals surface area (Å²) in [6.45, 7) is 4.34. The van der Waals surface area contributed by atoms with E-state index in [9.17, 15) is 5.11 Å². The van der Waals surface area contributed by atoms with Crippen molar-refractivity contribution in [3.8, 4) is 5.69 Å². The van der Waals surface area contributed by atoms with Gasteiger partial charge in [0.25, 0.3) is 0 Å². The normalized spacial score (nSPS) is 30.4. The minimum atomic E-state index is -0.836. The van der Waals surface area contributed by atoms with Crippen LogP contribution in [0.15, 0.2) is 36.5 Å². The third-order valence-electron chi connectivity index (χ3n) is 4.82. The highest BCUT2D eigenvalue weighted by Gasteiger charge is 2.43. The van der Waals surface area contributed by atoms with Crippen LogP contribution in [0.1, 0.15) is 38.8 Å². The van der Waals surface area contributed by atoms with Crippen LogP contribution in [-0.2, 0) is 5.60 Å². The molecule has 0 amide bonds. The Hall–Kier alpha value is -1.68. The number of nitrogens with zero attached hydrogens (tertiary/aromatic N) is 3. The van der Waals surface area contributed by atoms with Crippen molar-refractivity contribution >= 4 is 0 Å². The van der Waals surface area contributed by atoms with Crippen molar-refractivity contribution in [2.45, 2.75) is 38.7 Å². The minimum absolute atomic E-state index is 0.206. The zero-order valence-corrected chi connectivity index (χ0v) is 12.0. The molecule has 1 fully saturated rings. The lowest BCUT2D eigenvalue weighted by molar-refractivity contribution is -0.0738. The maximum atomic E-state index is 11.2. The van der Waals surface area contributed by atoms with Crippen molar-refractivity contribution in [1.82, 2.24) is 15.0 Å². The van der Waals surface area contributed by atoms with E-state index in [-0.39, 0.29) is 5.92 Å². The molecule has 1 N–H and O–H groups in total. The Morgan fingerprint density at radius 3 is 2.75 bits per heavy atom. The second-order valence-electron chi connectivity index (χ2n) is 5.95. The third kappa shape index (κ3) is 2.04. The summed E-state index contributed by atoms with van der Waals surface area (Å²) in [5.41, 5.74) is 0.915. The summed E-state index contributed by atoms with van der Waals surface area (Å²) in [7, 11) is 0. The Labute approximate surface area is 119 Å². The Balaban J connectivity index is 2.05. The van der Waals surface area contributed by atoms with Crippen LogP contribution >= 0.6 is 0 Å². The van der Waals surface area contributed by atoms with Gasteiger partial charge in [0.2, 0.25) is 0 Å². The standard InChI is InChI=1S/C16H21N3O/c1-12-7-6-10-16(20,13(12)2)15-11-17-18-19(15)14-8-4-3-5-9-14/h3-5,8-9,11-13,20H,6-7,10H2,1-2H3. The fourth-order valence-corrected chi connectivity index (χ4v) is 3.29. The third-order valence-corrected chi connectivity index (χ3v) is 4.82. The number of hydrogen-bond acceptors (Lipinski definition) is 3. The van der Waals surface area contributed by atoms with Gasteiger partial charge in [-0.25, -0.2) is 4.68 Å². The first-order chi connectivity index (χ1) is 9.63. The van der Waals surface area contributed by atoms with E-state index < -0.39 is 5.60 Å². The highest BCUT2D eigenvalue weighted by molar-refractivity contribution is 5.33. The van der Waals surface area contributed by atoms with Crippen molar-refractivity contribution < 1.29 is 5.11 Å². The first-order valence-corrected chi connectivity index (χ1v) is 7.32. The van der Waals surface area contributed by atoms with E-state index in [1.165, 1.54) is 6.42 Å². The molecule has 0 radical (unpaired) electrons. The van der Waals surface area contributed by atoms with Crippen LogP contribution in [0.3, 0.4) is 0 Å². The molecule has 1 saturated carbocycles. The zero-order chi connectivity index (χ0) is 14.2. The minimum Gasteiger partial charge on any atom is -0.383 e. The second kappa shape index (κ2) is 5.02. The summed E-state index contributed by atoms with van der Waals surface area (Å²) < 4.78 is 1.77. The molecule has 1 aliphatic rings. The van der Waals surface area contributed by atoms with Crippen LogP contribution < -0.4 is 0 Å². The predicted octanol–water partition coefficient (Wildman–Crippen LogP) is 2.91. The molecule has 4 nitrogen and oxygen atoms in total. The summed E-state index contributed by atoms with van der Waals surface area (Å²) in [5, 5.41) is 19.4. The largest absolute Gasteiger partial charge is 0.383 e. The fraction of sp³-hybridized carbons (Fsp3) is 0.500. The van der Waals surface area contributed by atoms with Gasteiger partial charge in [0.1, 0.15) is 5.60 Å². The smallest absolute Gasteiger partial charge is 0.111 e. The molecule has 106 valence electrons. The maximum Gasteiger partial charge on any atom is 0.111 e. The van der Waals surface area contributed by atoms with Gasteiger partial charge in [-0.15, -0.1) is 5.10 Å². The van der Waals surface area contributed by atoms with E-state index in [2.05, 4.69) is 24.2 Å². The Morgan fingerprint density at radius 2 is 2.00 bits per heavy atom. The van der Waals surface area contributed by atoms with Crippen LogP contribution in [0, 0.1) is 11.8 Å². The second-order valence-corrected chi connectivity index (χ2v) is 5.95. The molecule has 1 aromatic heterocycles. The van der Waals surface area contributed by atoms with Crippen molar-refractivity contribution in [3.63, 3.8) is 0 Å². The van der Waals surface area contributed by atoms with Gasteiger partial charge in [0, 0.05) is 0 Å². The average Bonchev–Trinajstić information content (AvgIpc) is 2.96. The molecular formula is C16H21N3O. The van der Waals surface area contributed by atoms with Gasteiger partial charge in [-0.05, 0) is 36.8 Å². The molecule has 3 unspecified atom stereocenters. The SMILES string of the molecule is CC1CCCC(O)(c2cnnn2-c2ccccc2)C1C. The van der Waals surface area contributed by atoms with E-state index in [1.807, 2.05) is 30.3 Å². The molecule has 20 heavy (non-hydrogen) atoms. The molecule has 1 aliphatic carbocycles. The summed E-state index contributed by atoms with van der Waals surface area (Å²) >= 11 is 0. The lowest BCUT2D eigenvalue weighted by Crippen LogP contribution is -2.42. The molecule has 4 heteroatoms. The fourth-order valence-electron chi connectivity index (χ4n) is 3.29. The van der Waals surface area contributed by atoms with Crippen molar-refractivity contribution in [3.05, 3.63) is 42.2 Å². The Kier molecular flexibility index (Phi) is 3.34. The molecule has 2 aromatic rings. The van der Waals surface area contributed by atoms with Gasteiger partial charge in [-0.1, -0.05) is 43.7 Å². The highest BCUT2D eigenvalue weighted by atomic mass is 16.3. The van der Waals surface area contributed by atoms with Crippen LogP contribution in [0.5, 0.6) is 0 Å². The maximum absolute atomic E-state index is 11.2. The zero-order valence-electron chi connectivity index (χ0n) is 12.0. The van der Waals surface area contributed by atoms with Crippen molar-refractivity contribution in [2.24, 2.45) is 11.8 Å². The molecule has 0 bridgehead atoms. The van der Waals surface area contributed by atoms with Gasteiger partial charge in [-0.3, -0.25) is 0 Å². The van der Waals surface area contributed by atoms with Crippen LogP contribution in [0.25, 0.3) is 5.69 Å². The van der Waals surface area contributed by atoms with E-state index >= 15 is 0 Å². The number of hydrogen-bond donors (Lipinski definition) is 1. The molecule has 3 atom stereocenters. The van der Waals surface area contributed by atoms with Gasteiger partial charge in [-0.2, -0.15) is 0 Å². The van der Waals surface area contributed by atoms with E-state index in [1.54, 1.807) is 10.9 Å². The van der Waals surface area contributed by atoms with Gasteiger partial charge >= 0.3 is 0 Å². The molecule has 0 aliphatic heterocycles. The Bertz CT molecular complexity index is 580. The summed E-state index contributed by atoms with van der Waals surface area (Å²) in [4.78, 5) is 0. The first-order valence-electron chi connectivity index (χ1n) is 7.32. The monoisotopic (exact) mass is 271 g/mol. The Morgan fingerprint density at radius 1 is 1.25 bits per heavy atom. The van der Waals surface area contributed by atoms with Gasteiger partial charge in [0.15, 0.2) is 0 Å². The van der Waals surface area contributed by atoms with E-state index in [4.69, 9.17) is 0 Å². The van der Waals surface area contributed by atoms with Crippen molar-refractivity contribution in [1.29, 1.82) is 0 Å². The molecule has 3 rings (SSSR count). The molecular weight excluding hydrogens is 250 g/mol. The topological polar surface area (TPSA) is 50.9 Å². The van der Waals surface area contributed by atoms with Crippen LogP contribution in [-0.4, -0.2) is 20.1 Å². The van der Waals surface area contributed by atoms with E-state index in [0.717, 1.165) is 24.2 Å². The highest BCUT2D eigenvalue weighted by Crippen LogP contribution is 2.44. The molecule has 1 aromatic carbocycles. The number of benzene rings is 1. The number of para-hydroxylation sites is 1. The summed E-state index contributed by atoms with van der Waals surface area (Å²) in [6, 6.07) is 9.88. The molecule has 1 heterocycles. The van der Waals surface area contributed by atoms with Crippen molar-refractivity contribution in [2.75, 3.05) is 0 Å². The van der Waals surface area contributed by atoms with Crippen LogP contribution in [0.4, 0.5) is 0 Å². The summed E-state index contributed by atoms with van der Waals surface area (Å²) in [5.74, 6) is 0.713. The van der Waals surface area contributed by atoms with Crippen LogP contribution in [0.2, 0.25) is 0 Å². The van der Waals surface area contributed by atoms with Gasteiger partial charge < -0.3 is 5.11 Å². The van der Waals surface area contributed by atoms with Gasteiger partial charge in [0.05, 0.1) is 17.6 Å². The number of rotatable bonds is 2. The van der Waals surface area contributed by atoms with E-state index in [0.29, 0.717) is 5.92 Å². The average molecular weight is 271 g/mol. The summed E-state index contributed by atoms with van der Waals surface area (Å²) in [6.07, 6.45) is 4.71.